The van der Waals surface area contributed by atoms with Crippen molar-refractivity contribution in [1.82, 2.24) is 4.98 Å². The van der Waals surface area contributed by atoms with Crippen LogP contribution in [0, 0.1) is 11.3 Å². The average molecular weight is 411 g/mol. The Balaban J connectivity index is 1.97. The SMILES string of the molecule is CCCOc1c(/C=C(/C#N)c2nc(-c3ccc(Cl)cc3)cs2)cccc1OC. The molecule has 0 radical (unpaired) electrons. The summed E-state index contributed by atoms with van der Waals surface area (Å²) in [6.07, 6.45) is 2.67. The molecule has 0 aliphatic carbocycles. The molecule has 0 saturated heterocycles. The number of rotatable bonds is 7. The first kappa shape index (κ1) is 19.9. The van der Waals surface area contributed by atoms with Crippen molar-refractivity contribution in [2.45, 2.75) is 13.3 Å². The largest absolute Gasteiger partial charge is 0.493 e. The highest BCUT2D eigenvalue weighted by Gasteiger charge is 2.13. The van der Waals surface area contributed by atoms with Crippen LogP contribution in [0.5, 0.6) is 11.5 Å². The van der Waals surface area contributed by atoms with Crippen molar-refractivity contribution in [1.29, 1.82) is 5.26 Å². The summed E-state index contributed by atoms with van der Waals surface area (Å²) in [5.41, 5.74) is 3.02. The van der Waals surface area contributed by atoms with Crippen molar-refractivity contribution in [3.63, 3.8) is 0 Å². The minimum absolute atomic E-state index is 0.472. The summed E-state index contributed by atoms with van der Waals surface area (Å²) in [6.45, 7) is 2.61. The summed E-state index contributed by atoms with van der Waals surface area (Å²) >= 11 is 7.38. The first-order valence-corrected chi connectivity index (χ1v) is 10.1. The van der Waals surface area contributed by atoms with E-state index in [0.29, 0.717) is 33.7 Å². The maximum absolute atomic E-state index is 9.71. The van der Waals surface area contributed by atoms with Crippen LogP contribution >= 0.6 is 22.9 Å². The van der Waals surface area contributed by atoms with E-state index < -0.39 is 0 Å². The number of ether oxygens (including phenoxy) is 2. The fraction of sp³-hybridized carbons (Fsp3) is 0.182. The zero-order chi connectivity index (χ0) is 19.9. The molecule has 142 valence electrons. The highest BCUT2D eigenvalue weighted by molar-refractivity contribution is 7.11. The predicted molar refractivity (Wildman–Crippen MR) is 115 cm³/mol. The average Bonchev–Trinajstić information content (AvgIpc) is 3.21. The molecule has 0 aliphatic rings. The van der Waals surface area contributed by atoms with Gasteiger partial charge in [-0.2, -0.15) is 5.26 Å². The van der Waals surface area contributed by atoms with Crippen molar-refractivity contribution in [3.05, 3.63) is 63.4 Å². The lowest BCUT2D eigenvalue weighted by Crippen LogP contribution is -1.99. The summed E-state index contributed by atoms with van der Waals surface area (Å²) in [4.78, 5) is 4.62. The van der Waals surface area contributed by atoms with Crippen LogP contribution in [0.2, 0.25) is 5.02 Å². The fourth-order valence-electron chi connectivity index (χ4n) is 2.61. The van der Waals surface area contributed by atoms with Crippen LogP contribution in [0.1, 0.15) is 23.9 Å². The molecule has 4 nitrogen and oxygen atoms in total. The third kappa shape index (κ3) is 4.53. The quantitative estimate of drug-likeness (QED) is 0.427. The van der Waals surface area contributed by atoms with E-state index in [1.807, 2.05) is 54.8 Å². The van der Waals surface area contributed by atoms with Gasteiger partial charge in [-0.1, -0.05) is 42.8 Å². The van der Waals surface area contributed by atoms with Crippen molar-refractivity contribution < 1.29 is 9.47 Å². The summed E-state index contributed by atoms with van der Waals surface area (Å²) in [6, 6.07) is 15.3. The molecule has 2 aromatic carbocycles. The summed E-state index contributed by atoms with van der Waals surface area (Å²) in [5, 5.41) is 13.0. The van der Waals surface area contributed by atoms with Crippen LogP contribution in [0.3, 0.4) is 0 Å². The number of aromatic nitrogens is 1. The Hall–Kier alpha value is -2.81. The van der Waals surface area contributed by atoms with Gasteiger partial charge in [0, 0.05) is 21.5 Å². The molecule has 0 atom stereocenters. The number of thiazole rings is 1. The zero-order valence-electron chi connectivity index (χ0n) is 15.6. The lowest BCUT2D eigenvalue weighted by molar-refractivity contribution is 0.293. The van der Waals surface area contributed by atoms with Crippen molar-refractivity contribution in [2.75, 3.05) is 13.7 Å². The molecule has 0 bridgehead atoms. The third-order valence-electron chi connectivity index (χ3n) is 3.97. The molecule has 1 heterocycles. The molecular formula is C22H19ClN2O2S. The molecule has 6 heteroatoms. The van der Waals surface area contributed by atoms with Crippen LogP contribution < -0.4 is 9.47 Å². The lowest BCUT2D eigenvalue weighted by Gasteiger charge is -2.12. The Morgan fingerprint density at radius 2 is 2.04 bits per heavy atom. The predicted octanol–water partition coefficient (Wildman–Crippen LogP) is 6.33. The van der Waals surface area contributed by atoms with E-state index in [-0.39, 0.29) is 0 Å². The van der Waals surface area contributed by atoms with Crippen LogP contribution in [0.25, 0.3) is 22.9 Å². The van der Waals surface area contributed by atoms with Gasteiger partial charge < -0.3 is 9.47 Å². The van der Waals surface area contributed by atoms with Gasteiger partial charge in [0.25, 0.3) is 0 Å². The van der Waals surface area contributed by atoms with E-state index in [9.17, 15) is 5.26 Å². The molecule has 28 heavy (non-hydrogen) atoms. The van der Waals surface area contributed by atoms with Crippen LogP contribution in [-0.4, -0.2) is 18.7 Å². The Morgan fingerprint density at radius 1 is 1.25 bits per heavy atom. The van der Waals surface area contributed by atoms with Gasteiger partial charge in [0.2, 0.25) is 0 Å². The van der Waals surface area contributed by atoms with E-state index in [0.717, 1.165) is 23.2 Å². The molecule has 0 fully saturated rings. The Labute approximate surface area is 173 Å². The summed E-state index contributed by atoms with van der Waals surface area (Å²) in [5.74, 6) is 1.27. The van der Waals surface area contributed by atoms with Gasteiger partial charge in [0.1, 0.15) is 11.1 Å². The number of hydrogen-bond donors (Lipinski definition) is 0. The topological polar surface area (TPSA) is 55.1 Å². The van der Waals surface area contributed by atoms with E-state index in [2.05, 4.69) is 11.1 Å². The molecule has 3 rings (SSSR count). The van der Waals surface area contributed by atoms with E-state index >= 15 is 0 Å². The van der Waals surface area contributed by atoms with Crippen molar-refractivity contribution >= 4 is 34.6 Å². The molecule has 0 N–H and O–H groups in total. The molecule has 3 aromatic rings. The zero-order valence-corrected chi connectivity index (χ0v) is 17.2. The monoisotopic (exact) mass is 410 g/mol. The number of nitriles is 1. The normalized spacial score (nSPS) is 11.1. The second-order valence-electron chi connectivity index (χ2n) is 5.94. The minimum Gasteiger partial charge on any atom is -0.493 e. The van der Waals surface area contributed by atoms with Crippen molar-refractivity contribution in [3.8, 4) is 28.8 Å². The summed E-state index contributed by atoms with van der Waals surface area (Å²) in [7, 11) is 1.60. The van der Waals surface area contributed by atoms with Crippen LogP contribution in [-0.2, 0) is 0 Å². The number of para-hydroxylation sites is 1. The number of halogens is 1. The number of hydrogen-bond acceptors (Lipinski definition) is 5. The third-order valence-corrected chi connectivity index (χ3v) is 5.10. The smallest absolute Gasteiger partial charge is 0.168 e. The highest BCUT2D eigenvalue weighted by Crippen LogP contribution is 2.35. The van der Waals surface area contributed by atoms with E-state index in [1.54, 1.807) is 13.2 Å². The van der Waals surface area contributed by atoms with E-state index in [4.69, 9.17) is 21.1 Å². The van der Waals surface area contributed by atoms with Gasteiger partial charge in [-0.15, -0.1) is 11.3 Å². The van der Waals surface area contributed by atoms with Gasteiger partial charge in [0.15, 0.2) is 11.5 Å². The standard InChI is InChI=1S/C22H19ClN2O2S/c1-3-11-27-21-16(5-4-6-20(21)26-2)12-17(13-24)22-25-19(14-28-22)15-7-9-18(23)10-8-15/h4-10,12,14H,3,11H2,1-2H3/b17-12-. The lowest BCUT2D eigenvalue weighted by atomic mass is 10.1. The van der Waals surface area contributed by atoms with Gasteiger partial charge in [-0.05, 0) is 30.7 Å². The number of allylic oxidation sites excluding steroid dienone is 1. The Bertz CT molecular complexity index is 1020. The van der Waals surface area contributed by atoms with Crippen molar-refractivity contribution in [2.24, 2.45) is 0 Å². The van der Waals surface area contributed by atoms with Crippen LogP contribution in [0.4, 0.5) is 0 Å². The summed E-state index contributed by atoms with van der Waals surface area (Å²) < 4.78 is 11.3. The van der Waals surface area contributed by atoms with Gasteiger partial charge in [0.05, 0.1) is 25.0 Å². The molecule has 0 saturated carbocycles. The Kier molecular flexibility index (Phi) is 6.70. The molecule has 0 amide bonds. The van der Waals surface area contributed by atoms with E-state index in [1.165, 1.54) is 11.3 Å². The molecule has 0 unspecified atom stereocenters. The maximum atomic E-state index is 9.71. The molecular weight excluding hydrogens is 392 g/mol. The first-order valence-electron chi connectivity index (χ1n) is 8.79. The Morgan fingerprint density at radius 3 is 2.71 bits per heavy atom. The maximum Gasteiger partial charge on any atom is 0.168 e. The number of methoxy groups -OCH3 is 1. The second-order valence-corrected chi connectivity index (χ2v) is 7.24. The van der Waals surface area contributed by atoms with Gasteiger partial charge in [-0.25, -0.2) is 4.98 Å². The molecule has 1 aromatic heterocycles. The van der Waals surface area contributed by atoms with Gasteiger partial charge >= 0.3 is 0 Å². The highest BCUT2D eigenvalue weighted by atomic mass is 35.5. The number of nitrogens with zero attached hydrogens (tertiary/aromatic N) is 2. The molecule has 0 aliphatic heterocycles. The first-order chi connectivity index (χ1) is 13.7. The second kappa shape index (κ2) is 9.41. The number of benzene rings is 2. The minimum atomic E-state index is 0.472. The van der Waals surface area contributed by atoms with Gasteiger partial charge in [-0.3, -0.25) is 0 Å². The fourth-order valence-corrected chi connectivity index (χ4v) is 3.53. The molecule has 0 spiro atoms. The van der Waals surface area contributed by atoms with Crippen LogP contribution in [0.15, 0.2) is 47.8 Å².